The molecule has 0 unspecified atom stereocenters. The Balaban J connectivity index is 1.26. The highest BCUT2D eigenvalue weighted by molar-refractivity contribution is 6.35. The van der Waals surface area contributed by atoms with E-state index in [1.54, 1.807) is 12.1 Å². The molecule has 2 aromatic carbocycles. The lowest BCUT2D eigenvalue weighted by Crippen LogP contribution is -2.35. The van der Waals surface area contributed by atoms with E-state index in [1.807, 2.05) is 42.6 Å². The third kappa shape index (κ3) is 5.60. The minimum Gasteiger partial charge on any atom is -0.356 e. The van der Waals surface area contributed by atoms with Crippen LogP contribution in [0.2, 0.25) is 5.02 Å². The van der Waals surface area contributed by atoms with Gasteiger partial charge in [0, 0.05) is 43.9 Å². The number of fused-ring (bicyclic) bond motifs is 1. The molecule has 0 aliphatic carbocycles. The van der Waals surface area contributed by atoms with Gasteiger partial charge >= 0.3 is 0 Å². The average molecular weight is 572 g/mol. The van der Waals surface area contributed by atoms with Crippen molar-refractivity contribution in [1.82, 2.24) is 24.4 Å². The molecule has 210 valence electrons. The van der Waals surface area contributed by atoms with Crippen molar-refractivity contribution in [2.45, 2.75) is 25.3 Å². The zero-order chi connectivity index (χ0) is 28.5. The maximum Gasteiger partial charge on any atom is 0.257 e. The lowest BCUT2D eigenvalue weighted by molar-refractivity contribution is -0.110. The van der Waals surface area contributed by atoms with E-state index in [1.165, 1.54) is 12.4 Å². The van der Waals surface area contributed by atoms with E-state index in [4.69, 9.17) is 16.6 Å². The topological polar surface area (TPSA) is 79.2 Å². The molecule has 1 fully saturated rings. The molecule has 1 N–H and O–H groups in total. The van der Waals surface area contributed by atoms with Crippen molar-refractivity contribution in [1.29, 1.82) is 0 Å². The number of rotatable bonds is 7. The molecule has 2 aliphatic heterocycles. The van der Waals surface area contributed by atoms with Gasteiger partial charge in [0.05, 0.1) is 21.9 Å². The van der Waals surface area contributed by atoms with Crippen LogP contribution in [0.5, 0.6) is 0 Å². The van der Waals surface area contributed by atoms with Crippen LogP contribution in [0.4, 0.5) is 16.0 Å². The summed E-state index contributed by atoms with van der Waals surface area (Å²) in [5.41, 5.74) is 3.86. The number of halogens is 2. The van der Waals surface area contributed by atoms with Gasteiger partial charge in [-0.05, 0) is 56.8 Å². The zero-order valence-corrected chi connectivity index (χ0v) is 23.8. The number of anilines is 2. The minimum absolute atomic E-state index is 0.0891. The van der Waals surface area contributed by atoms with Crippen LogP contribution in [0.25, 0.3) is 22.9 Å². The summed E-state index contributed by atoms with van der Waals surface area (Å²) in [5, 5.41) is 2.99. The fraction of sp³-hybridized carbons (Fsp3) is 0.290. The number of carbonyl (C=O) groups is 1. The number of amides is 1. The molecular weight excluding hydrogens is 541 g/mol. The molecule has 0 radical (unpaired) electrons. The molecule has 0 atom stereocenters. The Kier molecular flexibility index (Phi) is 7.55. The van der Waals surface area contributed by atoms with Gasteiger partial charge in [-0.3, -0.25) is 4.79 Å². The molecule has 1 saturated heterocycles. The van der Waals surface area contributed by atoms with E-state index in [-0.39, 0.29) is 16.8 Å². The van der Waals surface area contributed by atoms with Gasteiger partial charge in [-0.1, -0.05) is 41.9 Å². The first-order chi connectivity index (χ1) is 19.9. The molecule has 2 aliphatic rings. The van der Waals surface area contributed by atoms with Crippen LogP contribution in [0.15, 0.2) is 61.1 Å². The van der Waals surface area contributed by atoms with Crippen molar-refractivity contribution in [3.8, 4) is 11.3 Å². The van der Waals surface area contributed by atoms with Crippen LogP contribution in [0.3, 0.4) is 0 Å². The fourth-order valence-electron chi connectivity index (χ4n) is 5.49. The van der Waals surface area contributed by atoms with Gasteiger partial charge < -0.3 is 19.7 Å². The van der Waals surface area contributed by atoms with Crippen molar-refractivity contribution in [3.63, 3.8) is 0 Å². The quantitative estimate of drug-likeness (QED) is 0.292. The molecule has 41 heavy (non-hydrogen) atoms. The predicted molar refractivity (Wildman–Crippen MR) is 160 cm³/mol. The smallest absolute Gasteiger partial charge is 0.257 e. The normalized spacial score (nSPS) is 16.5. The molecular formula is C31H31ClFN7O. The van der Waals surface area contributed by atoms with Crippen LogP contribution in [0, 0.1) is 5.82 Å². The third-order valence-electron chi connectivity index (χ3n) is 7.65. The molecule has 0 saturated carbocycles. The molecule has 4 aromatic rings. The van der Waals surface area contributed by atoms with Crippen molar-refractivity contribution in [3.05, 3.63) is 88.8 Å². The number of nitrogens with zero attached hydrogens (tertiary/aromatic N) is 6. The van der Waals surface area contributed by atoms with Gasteiger partial charge in [0.2, 0.25) is 0 Å². The second-order valence-corrected chi connectivity index (χ2v) is 11.1. The fourth-order valence-corrected chi connectivity index (χ4v) is 5.67. The van der Waals surface area contributed by atoms with Gasteiger partial charge in [-0.15, -0.1) is 0 Å². The average Bonchev–Trinajstić information content (AvgIpc) is 3.55. The van der Waals surface area contributed by atoms with Crippen LogP contribution >= 0.6 is 11.6 Å². The lowest BCUT2D eigenvalue weighted by Gasteiger charge is -2.33. The molecule has 0 spiro atoms. The number of imidazole rings is 1. The van der Waals surface area contributed by atoms with Crippen LogP contribution < -0.4 is 10.2 Å². The Morgan fingerprint density at radius 3 is 2.63 bits per heavy atom. The number of hydrogen-bond acceptors (Lipinski definition) is 6. The zero-order valence-electron chi connectivity index (χ0n) is 23.0. The highest BCUT2D eigenvalue weighted by Crippen LogP contribution is 2.40. The number of aromatic nitrogens is 4. The van der Waals surface area contributed by atoms with Gasteiger partial charge in [0.25, 0.3) is 5.91 Å². The molecule has 2 aromatic heterocycles. The lowest BCUT2D eigenvalue weighted by atomic mass is 9.95. The highest BCUT2D eigenvalue weighted by Gasteiger charge is 2.33. The first kappa shape index (κ1) is 27.1. The number of likely N-dealkylation sites (N-methyl/N-ethyl adjacent to an activating group) is 1. The Bertz CT molecular complexity index is 1610. The maximum atomic E-state index is 13.8. The van der Waals surface area contributed by atoms with Crippen molar-refractivity contribution >= 4 is 40.8 Å². The van der Waals surface area contributed by atoms with Gasteiger partial charge in [0.1, 0.15) is 29.6 Å². The Morgan fingerprint density at radius 1 is 1.12 bits per heavy atom. The summed E-state index contributed by atoms with van der Waals surface area (Å²) in [6, 6.07) is 14.5. The first-order valence-corrected chi connectivity index (χ1v) is 14.1. The summed E-state index contributed by atoms with van der Waals surface area (Å²) in [7, 11) is 4.10. The van der Waals surface area contributed by atoms with Crippen LogP contribution in [-0.2, 0) is 11.3 Å². The molecule has 0 bridgehead atoms. The Hall–Kier alpha value is -4.08. The monoisotopic (exact) mass is 571 g/mol. The first-order valence-electron chi connectivity index (χ1n) is 13.7. The summed E-state index contributed by atoms with van der Waals surface area (Å²) in [5.74, 6) is 1.97. The van der Waals surface area contributed by atoms with Gasteiger partial charge in [-0.2, -0.15) is 0 Å². The van der Waals surface area contributed by atoms with Crippen molar-refractivity contribution in [2.75, 3.05) is 43.9 Å². The predicted octanol–water partition coefficient (Wildman–Crippen LogP) is 5.57. The molecule has 6 rings (SSSR count). The van der Waals surface area contributed by atoms with E-state index in [2.05, 4.69) is 43.7 Å². The van der Waals surface area contributed by atoms with Crippen LogP contribution in [-0.4, -0.2) is 64.1 Å². The minimum atomic E-state index is -0.440. The standard InChI is InChI=1S/C31H31ClFN7O/c1-38(2)14-15-40-18-26(22-8-9-25(33)24(32)17-22)36-29(40)21-10-12-39(13-11-21)30-27-23(16-20-6-4-3-5-7-20)31(41)37-28(27)34-19-35-30/h3-9,16-19,21H,10-15H2,1-2H3,(H,34,35,37,41). The number of carbonyl (C=O) groups excluding carboxylic acids is 1. The number of piperidine rings is 1. The van der Waals surface area contributed by atoms with E-state index < -0.39 is 5.82 Å². The Morgan fingerprint density at radius 2 is 1.90 bits per heavy atom. The largest absolute Gasteiger partial charge is 0.356 e. The number of hydrogen-bond donors (Lipinski definition) is 1. The van der Waals surface area contributed by atoms with E-state index in [0.717, 1.165) is 73.0 Å². The van der Waals surface area contributed by atoms with Gasteiger partial charge in [-0.25, -0.2) is 19.3 Å². The maximum absolute atomic E-state index is 13.8. The summed E-state index contributed by atoms with van der Waals surface area (Å²) < 4.78 is 16.0. The van der Waals surface area contributed by atoms with E-state index in [9.17, 15) is 9.18 Å². The molecule has 1 amide bonds. The van der Waals surface area contributed by atoms with Crippen molar-refractivity contribution < 1.29 is 9.18 Å². The van der Waals surface area contributed by atoms with E-state index >= 15 is 0 Å². The summed E-state index contributed by atoms with van der Waals surface area (Å²) in [6.45, 7) is 3.19. The van der Waals surface area contributed by atoms with Crippen LogP contribution in [0.1, 0.15) is 35.7 Å². The van der Waals surface area contributed by atoms with Gasteiger partial charge in [0.15, 0.2) is 0 Å². The highest BCUT2D eigenvalue weighted by atomic mass is 35.5. The second kappa shape index (κ2) is 11.4. The molecule has 4 heterocycles. The molecule has 8 nitrogen and oxygen atoms in total. The summed E-state index contributed by atoms with van der Waals surface area (Å²) in [4.78, 5) is 31.3. The summed E-state index contributed by atoms with van der Waals surface area (Å²) in [6.07, 6.45) is 7.20. The summed E-state index contributed by atoms with van der Waals surface area (Å²) >= 11 is 6.08. The SMILES string of the molecule is CN(C)CCn1cc(-c2ccc(F)c(Cl)c2)nc1C1CCN(c2ncnc3c2C(=Cc2ccccc2)C(=O)N3)CC1. The number of benzene rings is 2. The third-order valence-corrected chi connectivity index (χ3v) is 7.94. The second-order valence-electron chi connectivity index (χ2n) is 10.7. The van der Waals surface area contributed by atoms with E-state index in [0.29, 0.717) is 11.4 Å². The number of nitrogens with one attached hydrogen (secondary N) is 1. The molecule has 10 heteroatoms. The Labute approximate surface area is 243 Å². The van der Waals surface area contributed by atoms with Crippen molar-refractivity contribution in [2.24, 2.45) is 0 Å².